The molecule has 4 rings (SSSR count). The predicted molar refractivity (Wildman–Crippen MR) is 108 cm³/mol. The fourth-order valence-corrected chi connectivity index (χ4v) is 4.62. The highest BCUT2D eigenvalue weighted by Crippen LogP contribution is 2.35. The molecule has 1 aromatic carbocycles. The topological polar surface area (TPSA) is 70.5 Å². The van der Waals surface area contributed by atoms with E-state index in [-0.39, 0.29) is 28.8 Å². The SMILES string of the molecule is CC(=O)Nc1ccn(C(=O)N2CC3CN(Cc4cc(Cl)cc(C(F)(F)F)c4)CC3C2)n1. The zero-order valence-corrected chi connectivity index (χ0v) is 17.5. The van der Waals surface area contributed by atoms with Crippen molar-refractivity contribution in [3.8, 4) is 0 Å². The normalized spacial score (nSPS) is 21.4. The molecule has 3 heterocycles. The summed E-state index contributed by atoms with van der Waals surface area (Å²) in [7, 11) is 0. The lowest BCUT2D eigenvalue weighted by molar-refractivity contribution is -0.137. The van der Waals surface area contributed by atoms with Gasteiger partial charge >= 0.3 is 12.2 Å². The number of halogens is 4. The zero-order chi connectivity index (χ0) is 22.3. The van der Waals surface area contributed by atoms with Gasteiger partial charge in [-0.25, -0.2) is 4.79 Å². The largest absolute Gasteiger partial charge is 0.416 e. The Hall–Kier alpha value is -2.59. The summed E-state index contributed by atoms with van der Waals surface area (Å²) in [5, 5.41) is 6.67. The average Bonchev–Trinajstić information content (AvgIpc) is 3.34. The molecule has 1 aromatic heterocycles. The third kappa shape index (κ3) is 4.85. The van der Waals surface area contributed by atoms with Crippen LogP contribution in [0.25, 0.3) is 0 Å². The smallest absolute Gasteiger partial charge is 0.322 e. The minimum atomic E-state index is -4.44. The molecule has 0 saturated carbocycles. The van der Waals surface area contributed by atoms with Gasteiger partial charge in [0.05, 0.1) is 5.56 Å². The number of fused-ring (bicyclic) bond motifs is 1. The number of carbonyl (C=O) groups excluding carboxylic acids is 2. The Balaban J connectivity index is 1.35. The number of benzene rings is 1. The van der Waals surface area contributed by atoms with Gasteiger partial charge in [-0.1, -0.05) is 11.6 Å². The molecule has 0 radical (unpaired) electrons. The van der Waals surface area contributed by atoms with Crippen molar-refractivity contribution >= 4 is 29.4 Å². The average molecular weight is 456 g/mol. The zero-order valence-electron chi connectivity index (χ0n) is 16.7. The van der Waals surface area contributed by atoms with Crippen LogP contribution >= 0.6 is 11.6 Å². The molecular weight excluding hydrogens is 435 g/mol. The Morgan fingerprint density at radius 3 is 2.45 bits per heavy atom. The van der Waals surface area contributed by atoms with E-state index in [1.807, 2.05) is 0 Å². The molecule has 2 aliphatic heterocycles. The minimum Gasteiger partial charge on any atom is -0.322 e. The van der Waals surface area contributed by atoms with E-state index < -0.39 is 11.7 Å². The van der Waals surface area contributed by atoms with E-state index in [1.54, 1.807) is 17.0 Å². The summed E-state index contributed by atoms with van der Waals surface area (Å²) in [4.78, 5) is 27.6. The molecule has 2 aliphatic rings. The van der Waals surface area contributed by atoms with Gasteiger partial charge < -0.3 is 10.2 Å². The summed E-state index contributed by atoms with van der Waals surface area (Å²) in [5.41, 5.74) is -0.223. The molecular formula is C20H21ClF3N5O2. The first-order chi connectivity index (χ1) is 14.6. The second-order valence-electron chi connectivity index (χ2n) is 8.07. The van der Waals surface area contributed by atoms with E-state index in [0.29, 0.717) is 44.1 Å². The maximum Gasteiger partial charge on any atom is 0.416 e. The molecule has 0 spiro atoms. The minimum absolute atomic E-state index is 0.0684. The van der Waals surface area contributed by atoms with Crippen LogP contribution < -0.4 is 5.32 Å². The first-order valence-electron chi connectivity index (χ1n) is 9.80. The Morgan fingerprint density at radius 1 is 1.16 bits per heavy atom. The number of hydrogen-bond donors (Lipinski definition) is 1. The highest BCUT2D eigenvalue weighted by atomic mass is 35.5. The van der Waals surface area contributed by atoms with Gasteiger partial charge in [0, 0.05) is 56.9 Å². The number of nitrogens with zero attached hydrogens (tertiary/aromatic N) is 4. The maximum atomic E-state index is 13.0. The quantitative estimate of drug-likeness (QED) is 0.768. The van der Waals surface area contributed by atoms with Crippen LogP contribution in [0.3, 0.4) is 0 Å². The summed E-state index contributed by atoms with van der Waals surface area (Å²) in [6.45, 7) is 4.24. The molecule has 2 atom stereocenters. The predicted octanol–water partition coefficient (Wildman–Crippen LogP) is 3.55. The van der Waals surface area contributed by atoms with Gasteiger partial charge in [-0.3, -0.25) is 9.69 Å². The summed E-state index contributed by atoms with van der Waals surface area (Å²) >= 11 is 5.88. The molecule has 2 amide bonds. The molecule has 166 valence electrons. The number of alkyl halides is 3. The molecule has 2 fully saturated rings. The highest BCUT2D eigenvalue weighted by molar-refractivity contribution is 6.30. The van der Waals surface area contributed by atoms with E-state index in [9.17, 15) is 22.8 Å². The van der Waals surface area contributed by atoms with Crippen LogP contribution in [-0.4, -0.2) is 57.7 Å². The molecule has 2 aromatic rings. The van der Waals surface area contributed by atoms with E-state index in [0.717, 1.165) is 12.1 Å². The van der Waals surface area contributed by atoms with Crippen LogP contribution in [0.15, 0.2) is 30.5 Å². The van der Waals surface area contributed by atoms with Crippen molar-refractivity contribution in [3.05, 3.63) is 46.6 Å². The third-order valence-electron chi connectivity index (χ3n) is 5.61. The fraction of sp³-hybridized carbons (Fsp3) is 0.450. The second kappa shape index (κ2) is 8.16. The lowest BCUT2D eigenvalue weighted by Crippen LogP contribution is -2.36. The molecule has 0 bridgehead atoms. The van der Waals surface area contributed by atoms with Gasteiger partial charge in [0.15, 0.2) is 5.82 Å². The lowest BCUT2D eigenvalue weighted by atomic mass is 10.0. The number of amides is 2. The van der Waals surface area contributed by atoms with Crippen LogP contribution in [0.5, 0.6) is 0 Å². The van der Waals surface area contributed by atoms with E-state index in [1.165, 1.54) is 17.8 Å². The summed E-state index contributed by atoms with van der Waals surface area (Å²) in [6, 6.07) is 4.92. The number of rotatable bonds is 3. The Morgan fingerprint density at radius 2 is 1.84 bits per heavy atom. The third-order valence-corrected chi connectivity index (χ3v) is 5.83. The van der Waals surface area contributed by atoms with Crippen LogP contribution in [0.4, 0.5) is 23.8 Å². The monoisotopic (exact) mass is 455 g/mol. The van der Waals surface area contributed by atoms with E-state index in [4.69, 9.17) is 11.6 Å². The van der Waals surface area contributed by atoms with Gasteiger partial charge in [0.25, 0.3) is 0 Å². The van der Waals surface area contributed by atoms with Crippen LogP contribution in [-0.2, 0) is 17.5 Å². The van der Waals surface area contributed by atoms with E-state index >= 15 is 0 Å². The number of hydrogen-bond acceptors (Lipinski definition) is 4. The molecule has 2 saturated heterocycles. The Labute approximate surface area is 181 Å². The Bertz CT molecular complexity index is 995. The van der Waals surface area contributed by atoms with Crippen LogP contribution in [0, 0.1) is 11.8 Å². The van der Waals surface area contributed by atoms with Crippen LogP contribution in [0.2, 0.25) is 5.02 Å². The van der Waals surface area contributed by atoms with Crippen molar-refractivity contribution in [2.75, 3.05) is 31.5 Å². The van der Waals surface area contributed by atoms with Crippen molar-refractivity contribution in [2.24, 2.45) is 11.8 Å². The highest BCUT2D eigenvalue weighted by Gasteiger charge is 2.42. The molecule has 1 N–H and O–H groups in total. The summed E-state index contributed by atoms with van der Waals surface area (Å²) in [5.74, 6) is 0.535. The summed E-state index contributed by atoms with van der Waals surface area (Å²) < 4.78 is 40.3. The number of likely N-dealkylation sites (tertiary alicyclic amines) is 2. The van der Waals surface area contributed by atoms with Crippen molar-refractivity contribution in [1.82, 2.24) is 19.6 Å². The van der Waals surface area contributed by atoms with Gasteiger partial charge in [-0.2, -0.15) is 17.9 Å². The molecule has 2 unspecified atom stereocenters. The lowest BCUT2D eigenvalue weighted by Gasteiger charge is -2.22. The van der Waals surface area contributed by atoms with Crippen molar-refractivity contribution < 1.29 is 22.8 Å². The van der Waals surface area contributed by atoms with Crippen molar-refractivity contribution in [1.29, 1.82) is 0 Å². The van der Waals surface area contributed by atoms with Crippen molar-refractivity contribution in [2.45, 2.75) is 19.6 Å². The Kier molecular flexibility index (Phi) is 5.69. The molecule has 31 heavy (non-hydrogen) atoms. The first-order valence-corrected chi connectivity index (χ1v) is 10.2. The van der Waals surface area contributed by atoms with Gasteiger partial charge in [-0.15, -0.1) is 5.10 Å². The second-order valence-corrected chi connectivity index (χ2v) is 8.51. The van der Waals surface area contributed by atoms with E-state index in [2.05, 4.69) is 15.3 Å². The standard InChI is InChI=1S/C20H21ClF3N5O2/c1-12(30)25-18-2-3-29(26-18)19(31)28-10-14-8-27(9-15(14)11-28)7-13-4-16(20(22,23)24)6-17(21)5-13/h2-6,14-15H,7-11H2,1H3,(H,25,26,30). The number of carbonyl (C=O) groups is 2. The first kappa shape index (κ1) is 21.6. The number of anilines is 1. The maximum absolute atomic E-state index is 13.0. The molecule has 11 heteroatoms. The molecule has 7 nitrogen and oxygen atoms in total. The van der Waals surface area contributed by atoms with Gasteiger partial charge in [0.2, 0.25) is 5.91 Å². The molecule has 0 aliphatic carbocycles. The number of nitrogens with one attached hydrogen (secondary N) is 1. The van der Waals surface area contributed by atoms with Gasteiger partial charge in [0.1, 0.15) is 0 Å². The van der Waals surface area contributed by atoms with Gasteiger partial charge in [-0.05, 0) is 35.6 Å². The summed E-state index contributed by atoms with van der Waals surface area (Å²) in [6.07, 6.45) is -2.93. The van der Waals surface area contributed by atoms with Crippen molar-refractivity contribution in [3.63, 3.8) is 0 Å². The van der Waals surface area contributed by atoms with Crippen LogP contribution in [0.1, 0.15) is 18.1 Å². The fourth-order valence-electron chi connectivity index (χ4n) is 4.36. The number of aromatic nitrogens is 2.